The lowest BCUT2D eigenvalue weighted by Gasteiger charge is -2.17. The largest absolute Gasteiger partial charge is 0.384 e. The van der Waals surface area contributed by atoms with E-state index in [0.29, 0.717) is 24.5 Å². The molecule has 0 aliphatic rings. The van der Waals surface area contributed by atoms with E-state index >= 15 is 0 Å². The maximum atomic E-state index is 9.03. The van der Waals surface area contributed by atoms with E-state index in [4.69, 9.17) is 20.5 Å². The summed E-state index contributed by atoms with van der Waals surface area (Å²) in [7, 11) is 3.26. The topological polar surface area (TPSA) is 73.2 Å². The number of methoxy groups -OCH3 is 2. The number of hydrogen-bond acceptors (Lipinski definition) is 4. The van der Waals surface area contributed by atoms with Crippen molar-refractivity contribution in [1.82, 2.24) is 4.57 Å². The fourth-order valence-electron chi connectivity index (χ4n) is 1.85. The van der Waals surface area contributed by atoms with E-state index in [9.17, 15) is 0 Å². The molecule has 0 aliphatic heterocycles. The minimum absolute atomic E-state index is 0.0701. The van der Waals surface area contributed by atoms with Crippen LogP contribution in [0.25, 0.3) is 0 Å². The van der Waals surface area contributed by atoms with Gasteiger partial charge in [-0.1, -0.05) is 0 Å². The monoisotopic (exact) mass is 237 g/mol. The van der Waals surface area contributed by atoms with Crippen LogP contribution in [-0.2, 0) is 16.0 Å². The zero-order valence-corrected chi connectivity index (χ0v) is 10.8. The molecule has 17 heavy (non-hydrogen) atoms. The van der Waals surface area contributed by atoms with Gasteiger partial charge < -0.3 is 19.8 Å². The van der Waals surface area contributed by atoms with Gasteiger partial charge >= 0.3 is 0 Å². The first-order valence-electron chi connectivity index (χ1n) is 5.43. The molecular weight excluding hydrogens is 218 g/mol. The van der Waals surface area contributed by atoms with E-state index < -0.39 is 0 Å². The van der Waals surface area contributed by atoms with Crippen molar-refractivity contribution in [2.45, 2.75) is 26.5 Å². The summed E-state index contributed by atoms with van der Waals surface area (Å²) >= 11 is 0. The molecule has 0 spiro atoms. The van der Waals surface area contributed by atoms with Crippen LogP contribution in [0.1, 0.15) is 16.8 Å². The average molecular weight is 237 g/mol. The number of nitrogen functional groups attached to an aromatic ring is 1. The number of rotatable bonds is 5. The van der Waals surface area contributed by atoms with Crippen LogP contribution in [0.2, 0.25) is 0 Å². The third-order valence-corrected chi connectivity index (χ3v) is 3.05. The molecule has 0 amide bonds. The Morgan fingerprint density at radius 2 is 2.06 bits per heavy atom. The Hall–Kier alpha value is -1.51. The van der Waals surface area contributed by atoms with Gasteiger partial charge in [0, 0.05) is 19.9 Å². The van der Waals surface area contributed by atoms with Gasteiger partial charge in [-0.25, -0.2) is 0 Å². The summed E-state index contributed by atoms with van der Waals surface area (Å²) < 4.78 is 12.3. The van der Waals surface area contributed by atoms with Gasteiger partial charge in [0.1, 0.15) is 11.9 Å². The van der Waals surface area contributed by atoms with Crippen molar-refractivity contribution in [1.29, 1.82) is 5.26 Å². The first kappa shape index (κ1) is 13.6. The molecule has 0 aromatic carbocycles. The van der Waals surface area contributed by atoms with Gasteiger partial charge in [0.15, 0.2) is 0 Å². The molecule has 1 aromatic heterocycles. The van der Waals surface area contributed by atoms with Crippen molar-refractivity contribution >= 4 is 5.82 Å². The first-order valence-corrected chi connectivity index (χ1v) is 5.43. The second kappa shape index (κ2) is 5.71. The maximum Gasteiger partial charge on any atom is 0.122 e. The molecule has 5 heteroatoms. The number of nitrogens with two attached hydrogens (primary N) is 1. The molecule has 0 radical (unpaired) electrons. The lowest BCUT2D eigenvalue weighted by Crippen LogP contribution is -2.25. The molecule has 0 aliphatic carbocycles. The van der Waals surface area contributed by atoms with Crippen molar-refractivity contribution in [3.8, 4) is 6.07 Å². The van der Waals surface area contributed by atoms with Crippen LogP contribution in [0.3, 0.4) is 0 Å². The second-order valence-corrected chi connectivity index (χ2v) is 4.01. The van der Waals surface area contributed by atoms with Crippen molar-refractivity contribution in [3.63, 3.8) is 0 Å². The quantitative estimate of drug-likeness (QED) is 0.835. The van der Waals surface area contributed by atoms with Gasteiger partial charge in [-0.2, -0.15) is 5.26 Å². The fourth-order valence-corrected chi connectivity index (χ4v) is 1.85. The average Bonchev–Trinajstić information content (AvgIpc) is 2.52. The minimum Gasteiger partial charge on any atom is -0.384 e. The van der Waals surface area contributed by atoms with E-state index in [0.717, 1.165) is 11.3 Å². The second-order valence-electron chi connectivity index (χ2n) is 4.01. The number of aromatic nitrogens is 1. The molecule has 1 rings (SSSR count). The molecule has 94 valence electrons. The van der Waals surface area contributed by atoms with Crippen LogP contribution in [0.5, 0.6) is 0 Å². The van der Waals surface area contributed by atoms with Crippen LogP contribution in [-0.4, -0.2) is 31.5 Å². The Morgan fingerprint density at radius 3 is 2.47 bits per heavy atom. The van der Waals surface area contributed by atoms with Crippen LogP contribution in [0, 0.1) is 25.2 Å². The highest BCUT2D eigenvalue weighted by molar-refractivity contribution is 5.57. The van der Waals surface area contributed by atoms with Crippen LogP contribution in [0.4, 0.5) is 5.82 Å². The Labute approximate surface area is 102 Å². The number of hydrogen-bond donors (Lipinski definition) is 1. The summed E-state index contributed by atoms with van der Waals surface area (Å²) in [4.78, 5) is 0. The molecule has 2 N–H and O–H groups in total. The smallest absolute Gasteiger partial charge is 0.122 e. The van der Waals surface area contributed by atoms with E-state index in [1.54, 1.807) is 14.2 Å². The Bertz CT molecular complexity index is 432. The Morgan fingerprint density at radius 1 is 1.41 bits per heavy atom. The molecule has 0 bridgehead atoms. The molecule has 5 nitrogen and oxygen atoms in total. The number of ether oxygens (including phenoxy) is 2. The third-order valence-electron chi connectivity index (χ3n) is 3.05. The van der Waals surface area contributed by atoms with Crippen LogP contribution in [0.15, 0.2) is 0 Å². The number of nitrogens with zero attached hydrogens (tertiary/aromatic N) is 2. The standard InChI is InChI=1S/C12H19N3O2/c1-8-9(2)15(12(14)11(8)5-13)6-10(17-4)7-16-3/h10H,6-7,14H2,1-4H3. The lowest BCUT2D eigenvalue weighted by molar-refractivity contribution is 0.0184. The van der Waals surface area contributed by atoms with Gasteiger partial charge in [0.05, 0.1) is 24.8 Å². The molecule has 0 fully saturated rings. The van der Waals surface area contributed by atoms with E-state index in [1.165, 1.54) is 0 Å². The van der Waals surface area contributed by atoms with Gasteiger partial charge in [-0.05, 0) is 19.4 Å². The van der Waals surface area contributed by atoms with Crippen molar-refractivity contribution in [2.24, 2.45) is 0 Å². The molecular formula is C12H19N3O2. The Kier molecular flexibility index (Phi) is 4.55. The normalized spacial score (nSPS) is 12.4. The summed E-state index contributed by atoms with van der Waals surface area (Å²) in [6.45, 7) is 4.93. The van der Waals surface area contributed by atoms with E-state index in [-0.39, 0.29) is 6.10 Å². The summed E-state index contributed by atoms with van der Waals surface area (Å²) in [5.41, 5.74) is 8.43. The highest BCUT2D eigenvalue weighted by Crippen LogP contribution is 2.23. The molecule has 1 atom stereocenters. The predicted octanol–water partition coefficient (Wildman–Crippen LogP) is 1.22. The minimum atomic E-state index is -0.0701. The summed E-state index contributed by atoms with van der Waals surface area (Å²) in [5, 5.41) is 9.03. The molecule has 1 aromatic rings. The highest BCUT2D eigenvalue weighted by Gasteiger charge is 2.18. The maximum absolute atomic E-state index is 9.03. The molecule has 1 heterocycles. The van der Waals surface area contributed by atoms with Crippen LogP contribution < -0.4 is 5.73 Å². The van der Waals surface area contributed by atoms with E-state index in [2.05, 4.69) is 6.07 Å². The molecule has 1 unspecified atom stereocenters. The highest BCUT2D eigenvalue weighted by atomic mass is 16.5. The summed E-state index contributed by atoms with van der Waals surface area (Å²) in [5.74, 6) is 0.501. The number of anilines is 1. The van der Waals surface area contributed by atoms with Gasteiger partial charge in [0.2, 0.25) is 0 Å². The predicted molar refractivity (Wildman–Crippen MR) is 65.7 cm³/mol. The van der Waals surface area contributed by atoms with Crippen molar-refractivity contribution < 1.29 is 9.47 Å². The SMILES string of the molecule is COCC(Cn1c(C)c(C)c(C#N)c1N)OC. The Balaban J connectivity index is 3.03. The van der Waals surface area contributed by atoms with Gasteiger partial charge in [0.25, 0.3) is 0 Å². The van der Waals surface area contributed by atoms with Gasteiger partial charge in [-0.15, -0.1) is 0 Å². The number of nitriles is 1. The fraction of sp³-hybridized carbons (Fsp3) is 0.583. The van der Waals surface area contributed by atoms with E-state index in [1.807, 2.05) is 18.4 Å². The summed E-state index contributed by atoms with van der Waals surface area (Å²) in [6.07, 6.45) is -0.0701. The third kappa shape index (κ3) is 2.60. The molecule has 0 saturated carbocycles. The summed E-state index contributed by atoms with van der Waals surface area (Å²) in [6, 6.07) is 2.13. The molecule has 0 saturated heterocycles. The lowest BCUT2D eigenvalue weighted by atomic mass is 10.2. The van der Waals surface area contributed by atoms with Gasteiger partial charge in [-0.3, -0.25) is 0 Å². The van der Waals surface area contributed by atoms with Crippen LogP contribution >= 0.6 is 0 Å². The zero-order chi connectivity index (χ0) is 13.0. The van der Waals surface area contributed by atoms with Crippen molar-refractivity contribution in [3.05, 3.63) is 16.8 Å². The van der Waals surface area contributed by atoms with Crippen molar-refractivity contribution in [2.75, 3.05) is 26.6 Å². The first-order chi connectivity index (χ1) is 8.06. The zero-order valence-electron chi connectivity index (χ0n) is 10.8.